The first-order valence-corrected chi connectivity index (χ1v) is 14.7. The molecule has 3 saturated heterocycles. The van der Waals surface area contributed by atoms with Gasteiger partial charge >= 0.3 is 6.01 Å². The van der Waals surface area contributed by atoms with Crippen LogP contribution in [0.2, 0.25) is 0 Å². The topological polar surface area (TPSA) is 87.7 Å². The number of hydrogen-bond acceptors (Lipinski definition) is 7. The van der Waals surface area contributed by atoms with E-state index < -0.39 is 17.5 Å². The predicted octanol–water partition coefficient (Wildman–Crippen LogP) is 5.49. The van der Waals surface area contributed by atoms with Crippen molar-refractivity contribution in [3.05, 3.63) is 53.6 Å². The van der Waals surface area contributed by atoms with E-state index in [0.29, 0.717) is 65.6 Å². The number of nitrogens with two attached hydrogens (primary N) is 1. The molecule has 7 nitrogen and oxygen atoms in total. The molecule has 4 aromatic rings. The summed E-state index contributed by atoms with van der Waals surface area (Å²) < 4.78 is 52.1. The number of halogens is 3. The average Bonchev–Trinajstić information content (AvgIpc) is 3.65. The third-order valence-corrected chi connectivity index (χ3v) is 9.32. The number of aryl methyl sites for hydroxylation is 1. The monoisotopic (exact) mass is 577 g/mol. The van der Waals surface area contributed by atoms with Crippen LogP contribution >= 0.6 is 0 Å². The van der Waals surface area contributed by atoms with Gasteiger partial charge < -0.3 is 20.5 Å². The lowest BCUT2D eigenvalue weighted by Gasteiger charge is -2.31. The van der Waals surface area contributed by atoms with E-state index in [9.17, 15) is 13.9 Å². The summed E-state index contributed by atoms with van der Waals surface area (Å²) in [5.41, 5.74) is 6.88. The number of phenols is 1. The van der Waals surface area contributed by atoms with Crippen molar-refractivity contribution in [3.8, 4) is 22.9 Å². The van der Waals surface area contributed by atoms with E-state index >= 15 is 4.39 Å². The molecule has 3 N–H and O–H groups in total. The summed E-state index contributed by atoms with van der Waals surface area (Å²) in [7, 11) is 0. The van der Waals surface area contributed by atoms with Gasteiger partial charge in [-0.2, -0.15) is 9.97 Å². The van der Waals surface area contributed by atoms with E-state index in [1.54, 1.807) is 24.3 Å². The summed E-state index contributed by atoms with van der Waals surface area (Å²) in [6.45, 7) is 4.51. The van der Waals surface area contributed by atoms with Gasteiger partial charge in [-0.05, 0) is 78.4 Å². The molecule has 3 fully saturated rings. The van der Waals surface area contributed by atoms with Gasteiger partial charge in [0.1, 0.15) is 35.7 Å². The standard InChI is InChI=1S/C32H34F3N5O2/c1-2-22-26(34)7-4-18-12-21(41)13-25(27(18)22)23-5-6-24-29(28(23)35)37-31(38-30(24)39-11-8-20(36)16-39)42-17-32-9-3-10-40(32)15-19(33)14-32/h4-7,12-13,19-20,41H,2-3,8-11,14-17,36H2,1H3/t19-,20?,32+/m1/s1. The summed E-state index contributed by atoms with van der Waals surface area (Å²) in [5, 5.41) is 12.2. The van der Waals surface area contributed by atoms with Crippen LogP contribution in [0.15, 0.2) is 36.4 Å². The second-order valence-corrected chi connectivity index (χ2v) is 12.0. The zero-order chi connectivity index (χ0) is 29.2. The molecule has 0 aliphatic carbocycles. The Morgan fingerprint density at radius 3 is 2.74 bits per heavy atom. The lowest BCUT2D eigenvalue weighted by Crippen LogP contribution is -2.43. The van der Waals surface area contributed by atoms with Crippen LogP contribution in [0, 0.1) is 11.6 Å². The quantitative estimate of drug-likeness (QED) is 0.314. The van der Waals surface area contributed by atoms with E-state index in [0.717, 1.165) is 25.8 Å². The molecule has 0 bridgehead atoms. The Morgan fingerprint density at radius 2 is 1.95 bits per heavy atom. The first kappa shape index (κ1) is 27.2. The second kappa shape index (κ2) is 10.3. The fourth-order valence-electron chi connectivity index (χ4n) is 7.32. The number of ether oxygens (including phenoxy) is 1. The van der Waals surface area contributed by atoms with E-state index in [-0.39, 0.29) is 41.3 Å². The van der Waals surface area contributed by atoms with Crippen LogP contribution in [-0.2, 0) is 6.42 Å². The number of aromatic hydroxyl groups is 1. The number of aromatic nitrogens is 2. The van der Waals surface area contributed by atoms with Crippen LogP contribution < -0.4 is 15.4 Å². The van der Waals surface area contributed by atoms with Gasteiger partial charge in [-0.3, -0.25) is 4.90 Å². The molecule has 3 aliphatic rings. The van der Waals surface area contributed by atoms with Crippen LogP contribution in [-0.4, -0.2) is 70.5 Å². The Morgan fingerprint density at radius 1 is 1.10 bits per heavy atom. The highest BCUT2D eigenvalue weighted by molar-refractivity contribution is 6.03. The smallest absolute Gasteiger partial charge is 0.319 e. The van der Waals surface area contributed by atoms with Crippen molar-refractivity contribution in [1.82, 2.24) is 14.9 Å². The molecule has 3 aliphatic heterocycles. The first-order valence-electron chi connectivity index (χ1n) is 14.7. The fourth-order valence-corrected chi connectivity index (χ4v) is 7.32. The Kier molecular flexibility index (Phi) is 6.66. The molecule has 220 valence electrons. The van der Waals surface area contributed by atoms with Crippen LogP contribution in [0.1, 0.15) is 38.2 Å². The van der Waals surface area contributed by atoms with Gasteiger partial charge in [0.05, 0.1) is 5.54 Å². The molecular formula is C32H34F3N5O2. The number of alkyl halides is 1. The number of nitrogens with zero attached hydrogens (tertiary/aromatic N) is 4. The van der Waals surface area contributed by atoms with E-state index in [4.69, 9.17) is 15.5 Å². The number of rotatable bonds is 6. The van der Waals surface area contributed by atoms with E-state index in [1.165, 1.54) is 12.1 Å². The van der Waals surface area contributed by atoms with Crippen molar-refractivity contribution >= 4 is 27.5 Å². The number of fused-ring (bicyclic) bond motifs is 3. The van der Waals surface area contributed by atoms with Crippen molar-refractivity contribution in [1.29, 1.82) is 0 Å². The summed E-state index contributed by atoms with van der Waals surface area (Å²) in [6, 6.07) is 9.36. The normalized spacial score (nSPS) is 24.3. The van der Waals surface area contributed by atoms with Crippen LogP contribution in [0.25, 0.3) is 32.8 Å². The maximum absolute atomic E-state index is 16.7. The highest BCUT2D eigenvalue weighted by Crippen LogP contribution is 2.42. The molecule has 3 aromatic carbocycles. The number of phenolic OH excluding ortho intramolecular Hbond substituents is 1. The highest BCUT2D eigenvalue weighted by atomic mass is 19.1. The Bertz CT molecular complexity index is 1700. The number of anilines is 1. The third-order valence-electron chi connectivity index (χ3n) is 9.32. The van der Waals surface area contributed by atoms with Gasteiger partial charge in [0.25, 0.3) is 0 Å². The van der Waals surface area contributed by atoms with Gasteiger partial charge in [0.15, 0.2) is 5.82 Å². The van der Waals surface area contributed by atoms with Crippen molar-refractivity contribution in [2.24, 2.45) is 5.73 Å². The SMILES string of the molecule is CCc1c(F)ccc2cc(O)cc(-c3ccc4c(N5CCC(N)C5)nc(OC[C@@]56CCCN5C[C@H](F)C6)nc4c3F)c12. The maximum atomic E-state index is 16.7. The molecule has 0 saturated carbocycles. The highest BCUT2D eigenvalue weighted by Gasteiger charge is 2.49. The van der Waals surface area contributed by atoms with Crippen LogP contribution in [0.5, 0.6) is 11.8 Å². The molecule has 3 atom stereocenters. The molecule has 42 heavy (non-hydrogen) atoms. The average molecular weight is 578 g/mol. The van der Waals surface area contributed by atoms with E-state index in [2.05, 4.69) is 9.88 Å². The summed E-state index contributed by atoms with van der Waals surface area (Å²) in [4.78, 5) is 13.4. The molecular weight excluding hydrogens is 543 g/mol. The minimum absolute atomic E-state index is 0.0265. The minimum Gasteiger partial charge on any atom is -0.508 e. The maximum Gasteiger partial charge on any atom is 0.319 e. The predicted molar refractivity (Wildman–Crippen MR) is 157 cm³/mol. The lowest BCUT2D eigenvalue weighted by atomic mass is 9.92. The summed E-state index contributed by atoms with van der Waals surface area (Å²) in [5.74, 6) is -0.517. The van der Waals surface area contributed by atoms with Crippen LogP contribution in [0.4, 0.5) is 19.0 Å². The molecule has 0 amide bonds. The molecule has 0 spiro atoms. The van der Waals surface area contributed by atoms with Crippen molar-refractivity contribution in [3.63, 3.8) is 0 Å². The zero-order valence-electron chi connectivity index (χ0n) is 23.5. The molecule has 0 radical (unpaired) electrons. The van der Waals surface area contributed by atoms with Gasteiger partial charge in [-0.15, -0.1) is 0 Å². The minimum atomic E-state index is -0.900. The summed E-state index contributed by atoms with van der Waals surface area (Å²) in [6.07, 6.45) is 2.47. The Balaban J connectivity index is 1.37. The fraction of sp³-hybridized carbons (Fsp3) is 0.438. The summed E-state index contributed by atoms with van der Waals surface area (Å²) >= 11 is 0. The number of hydrogen-bond donors (Lipinski definition) is 2. The molecule has 1 aromatic heterocycles. The zero-order valence-corrected chi connectivity index (χ0v) is 23.5. The lowest BCUT2D eigenvalue weighted by molar-refractivity contribution is 0.107. The first-order chi connectivity index (χ1) is 20.3. The second-order valence-electron chi connectivity index (χ2n) is 12.0. The molecule has 7 rings (SSSR count). The third kappa shape index (κ3) is 4.43. The van der Waals surface area contributed by atoms with Crippen molar-refractivity contribution in [2.75, 3.05) is 37.7 Å². The van der Waals surface area contributed by atoms with Crippen LogP contribution in [0.3, 0.4) is 0 Å². The van der Waals surface area contributed by atoms with Gasteiger partial charge in [-0.25, -0.2) is 13.2 Å². The van der Waals surface area contributed by atoms with Gasteiger partial charge in [-0.1, -0.05) is 19.1 Å². The molecule has 10 heteroatoms. The van der Waals surface area contributed by atoms with E-state index in [1.807, 2.05) is 11.8 Å². The van der Waals surface area contributed by atoms with Crippen molar-refractivity contribution in [2.45, 2.75) is 56.8 Å². The largest absolute Gasteiger partial charge is 0.508 e. The van der Waals surface area contributed by atoms with Gasteiger partial charge in [0.2, 0.25) is 0 Å². The Labute approximate surface area is 242 Å². The molecule has 4 heterocycles. The number of benzene rings is 3. The molecule has 1 unspecified atom stereocenters. The Hall–Kier alpha value is -3.63. The van der Waals surface area contributed by atoms with Crippen molar-refractivity contribution < 1.29 is 23.0 Å². The van der Waals surface area contributed by atoms with Gasteiger partial charge in [0, 0.05) is 43.0 Å².